The summed E-state index contributed by atoms with van der Waals surface area (Å²) in [5, 5.41) is 2.92. The minimum atomic E-state index is -0.195. The Labute approximate surface area is 196 Å². The standard InChI is InChI=1S/C26H35N3O4/c1-19(2)11-16-33-23-10-9-22(17-24(23)32-4)25(30)27-18-20-5-7-21(8-6-20)26(31)29-14-12-28(3)13-15-29/h5-10,17,19H,11-16,18H2,1-4H3,(H,27,30). The van der Waals surface area contributed by atoms with Crippen LogP contribution in [0.5, 0.6) is 11.5 Å². The minimum Gasteiger partial charge on any atom is -0.493 e. The van der Waals surface area contributed by atoms with Crippen LogP contribution >= 0.6 is 0 Å². The molecule has 1 N–H and O–H groups in total. The summed E-state index contributed by atoms with van der Waals surface area (Å²) in [6, 6.07) is 12.6. The van der Waals surface area contributed by atoms with Crippen LogP contribution in [0.3, 0.4) is 0 Å². The SMILES string of the molecule is COc1cc(C(=O)NCc2ccc(C(=O)N3CCN(C)CC3)cc2)ccc1OCCC(C)C. The van der Waals surface area contributed by atoms with E-state index in [1.54, 1.807) is 25.3 Å². The van der Waals surface area contributed by atoms with Crippen molar-refractivity contribution >= 4 is 11.8 Å². The average Bonchev–Trinajstić information content (AvgIpc) is 2.82. The van der Waals surface area contributed by atoms with Crippen molar-refractivity contribution in [1.82, 2.24) is 15.1 Å². The summed E-state index contributed by atoms with van der Waals surface area (Å²) in [6.45, 7) is 8.55. The molecule has 7 nitrogen and oxygen atoms in total. The van der Waals surface area contributed by atoms with Gasteiger partial charge in [0.1, 0.15) is 0 Å². The largest absolute Gasteiger partial charge is 0.493 e. The summed E-state index contributed by atoms with van der Waals surface area (Å²) < 4.78 is 11.2. The predicted octanol–water partition coefficient (Wildman–Crippen LogP) is 3.44. The molecule has 0 spiro atoms. The summed E-state index contributed by atoms with van der Waals surface area (Å²) in [7, 11) is 3.63. The fourth-order valence-electron chi connectivity index (χ4n) is 3.57. The monoisotopic (exact) mass is 453 g/mol. The van der Waals surface area contributed by atoms with Crippen LogP contribution in [0.1, 0.15) is 46.5 Å². The highest BCUT2D eigenvalue weighted by atomic mass is 16.5. The second kappa shape index (κ2) is 11.7. The molecule has 1 aliphatic rings. The Morgan fingerprint density at radius 2 is 1.64 bits per heavy atom. The van der Waals surface area contributed by atoms with E-state index in [2.05, 4.69) is 31.1 Å². The zero-order chi connectivity index (χ0) is 23.8. The van der Waals surface area contributed by atoms with Crippen molar-refractivity contribution in [3.63, 3.8) is 0 Å². The molecule has 0 aromatic heterocycles. The van der Waals surface area contributed by atoms with Crippen LogP contribution < -0.4 is 14.8 Å². The molecule has 1 heterocycles. The average molecular weight is 454 g/mol. The zero-order valence-corrected chi connectivity index (χ0v) is 20.1. The minimum absolute atomic E-state index is 0.0569. The molecule has 0 unspecified atom stereocenters. The van der Waals surface area contributed by atoms with Crippen molar-refractivity contribution < 1.29 is 19.1 Å². The van der Waals surface area contributed by atoms with Gasteiger partial charge in [0.15, 0.2) is 11.5 Å². The number of nitrogens with one attached hydrogen (secondary N) is 1. The Hall–Kier alpha value is -3.06. The van der Waals surface area contributed by atoms with E-state index in [0.717, 1.165) is 38.2 Å². The van der Waals surface area contributed by atoms with Crippen molar-refractivity contribution in [2.45, 2.75) is 26.8 Å². The van der Waals surface area contributed by atoms with Gasteiger partial charge in [-0.1, -0.05) is 26.0 Å². The molecule has 0 atom stereocenters. The number of piperazine rings is 1. The normalized spacial score (nSPS) is 14.3. The number of carbonyl (C=O) groups is 2. The van der Waals surface area contributed by atoms with Gasteiger partial charge >= 0.3 is 0 Å². The Balaban J connectivity index is 1.54. The lowest BCUT2D eigenvalue weighted by atomic mass is 10.1. The Kier molecular flexibility index (Phi) is 8.72. The predicted molar refractivity (Wildman–Crippen MR) is 129 cm³/mol. The molecule has 2 amide bonds. The van der Waals surface area contributed by atoms with Crippen molar-refractivity contribution in [3.8, 4) is 11.5 Å². The van der Waals surface area contributed by atoms with Crippen LogP contribution in [0.4, 0.5) is 0 Å². The van der Waals surface area contributed by atoms with Gasteiger partial charge in [0.25, 0.3) is 11.8 Å². The molecule has 178 valence electrons. The van der Waals surface area contributed by atoms with Crippen LogP contribution in [0.15, 0.2) is 42.5 Å². The van der Waals surface area contributed by atoms with Crippen LogP contribution in [0.2, 0.25) is 0 Å². The van der Waals surface area contributed by atoms with Gasteiger partial charge in [-0.2, -0.15) is 0 Å². The molecular weight excluding hydrogens is 418 g/mol. The Morgan fingerprint density at radius 1 is 0.970 bits per heavy atom. The third-order valence-corrected chi connectivity index (χ3v) is 5.82. The van der Waals surface area contributed by atoms with E-state index in [4.69, 9.17) is 9.47 Å². The number of amides is 2. The third-order valence-electron chi connectivity index (χ3n) is 5.82. The smallest absolute Gasteiger partial charge is 0.253 e. The number of likely N-dealkylation sites (N-methyl/N-ethyl adjacent to an activating group) is 1. The van der Waals surface area contributed by atoms with E-state index in [1.807, 2.05) is 29.2 Å². The van der Waals surface area contributed by atoms with Crippen LogP contribution in [0.25, 0.3) is 0 Å². The van der Waals surface area contributed by atoms with Gasteiger partial charge in [-0.15, -0.1) is 0 Å². The molecule has 7 heteroatoms. The Morgan fingerprint density at radius 3 is 2.27 bits per heavy atom. The van der Waals surface area contributed by atoms with Gasteiger partial charge in [0.2, 0.25) is 0 Å². The first kappa shape index (κ1) is 24.6. The molecule has 2 aromatic carbocycles. The highest BCUT2D eigenvalue weighted by molar-refractivity contribution is 5.95. The maximum atomic E-state index is 12.7. The molecule has 0 radical (unpaired) electrons. The van der Waals surface area contributed by atoms with E-state index < -0.39 is 0 Å². The third kappa shape index (κ3) is 6.96. The van der Waals surface area contributed by atoms with Gasteiger partial charge < -0.3 is 24.6 Å². The molecule has 0 aliphatic carbocycles. The molecule has 3 rings (SSSR count). The second-order valence-electron chi connectivity index (χ2n) is 8.87. The molecule has 2 aromatic rings. The fraction of sp³-hybridized carbons (Fsp3) is 0.462. The molecular formula is C26H35N3O4. The molecule has 0 bridgehead atoms. The maximum absolute atomic E-state index is 12.7. The van der Waals surface area contributed by atoms with Crippen molar-refractivity contribution in [3.05, 3.63) is 59.2 Å². The molecule has 1 aliphatic heterocycles. The lowest BCUT2D eigenvalue weighted by Crippen LogP contribution is -2.47. The number of benzene rings is 2. The number of carbonyl (C=O) groups excluding carboxylic acids is 2. The second-order valence-corrected chi connectivity index (χ2v) is 8.87. The number of hydrogen-bond acceptors (Lipinski definition) is 5. The van der Waals surface area contributed by atoms with E-state index in [9.17, 15) is 9.59 Å². The summed E-state index contributed by atoms with van der Waals surface area (Å²) in [5.74, 6) is 1.59. The van der Waals surface area contributed by atoms with E-state index in [1.165, 1.54) is 0 Å². The van der Waals surface area contributed by atoms with Gasteiger partial charge in [0, 0.05) is 43.9 Å². The van der Waals surface area contributed by atoms with Crippen molar-refractivity contribution in [1.29, 1.82) is 0 Å². The number of methoxy groups -OCH3 is 1. The van der Waals surface area contributed by atoms with E-state index in [-0.39, 0.29) is 11.8 Å². The first-order chi connectivity index (χ1) is 15.9. The molecule has 0 saturated carbocycles. The number of ether oxygens (including phenoxy) is 2. The summed E-state index contributed by atoms with van der Waals surface area (Å²) in [4.78, 5) is 29.4. The van der Waals surface area contributed by atoms with E-state index >= 15 is 0 Å². The van der Waals surface area contributed by atoms with Gasteiger partial charge in [-0.05, 0) is 55.3 Å². The van der Waals surface area contributed by atoms with Crippen molar-refractivity contribution in [2.75, 3.05) is 46.9 Å². The topological polar surface area (TPSA) is 71.1 Å². The van der Waals surface area contributed by atoms with E-state index in [0.29, 0.717) is 41.7 Å². The number of rotatable bonds is 9. The molecule has 1 saturated heterocycles. The molecule has 1 fully saturated rings. The zero-order valence-electron chi connectivity index (χ0n) is 20.1. The lowest BCUT2D eigenvalue weighted by Gasteiger charge is -2.32. The number of hydrogen-bond donors (Lipinski definition) is 1. The quantitative estimate of drug-likeness (QED) is 0.630. The van der Waals surface area contributed by atoms with Crippen LogP contribution in [-0.2, 0) is 6.54 Å². The maximum Gasteiger partial charge on any atom is 0.253 e. The first-order valence-corrected chi connectivity index (χ1v) is 11.5. The van der Waals surface area contributed by atoms with Gasteiger partial charge in [0.05, 0.1) is 13.7 Å². The summed E-state index contributed by atoms with van der Waals surface area (Å²) in [5.41, 5.74) is 2.11. The molecule has 33 heavy (non-hydrogen) atoms. The fourth-order valence-corrected chi connectivity index (χ4v) is 3.57. The van der Waals surface area contributed by atoms with Gasteiger partial charge in [-0.3, -0.25) is 9.59 Å². The lowest BCUT2D eigenvalue weighted by molar-refractivity contribution is 0.0664. The highest BCUT2D eigenvalue weighted by Crippen LogP contribution is 2.28. The number of nitrogens with zero attached hydrogens (tertiary/aromatic N) is 2. The first-order valence-electron chi connectivity index (χ1n) is 11.5. The van der Waals surface area contributed by atoms with Crippen LogP contribution in [-0.4, -0.2) is 68.6 Å². The highest BCUT2D eigenvalue weighted by Gasteiger charge is 2.20. The van der Waals surface area contributed by atoms with Crippen molar-refractivity contribution in [2.24, 2.45) is 5.92 Å². The van der Waals surface area contributed by atoms with Gasteiger partial charge in [-0.25, -0.2) is 0 Å². The van der Waals surface area contributed by atoms with Crippen LogP contribution in [0, 0.1) is 5.92 Å². The Bertz CT molecular complexity index is 935. The summed E-state index contributed by atoms with van der Waals surface area (Å²) >= 11 is 0. The summed E-state index contributed by atoms with van der Waals surface area (Å²) in [6.07, 6.45) is 0.950.